The largest absolute Gasteiger partial charge is 0.493 e. The van der Waals surface area contributed by atoms with E-state index < -0.39 is 0 Å². The van der Waals surface area contributed by atoms with Gasteiger partial charge in [0.25, 0.3) is 0 Å². The molecule has 1 amide bonds. The van der Waals surface area contributed by atoms with Crippen LogP contribution in [0.2, 0.25) is 0 Å². The zero-order chi connectivity index (χ0) is 20.1. The summed E-state index contributed by atoms with van der Waals surface area (Å²) in [4.78, 5) is 14.8. The van der Waals surface area contributed by atoms with Crippen LogP contribution in [0.1, 0.15) is 37.4 Å². The lowest BCUT2D eigenvalue weighted by molar-refractivity contribution is -0.120. The molecule has 0 aromatic heterocycles. The first-order chi connectivity index (χ1) is 13.5. The summed E-state index contributed by atoms with van der Waals surface area (Å²) in [5.74, 6) is 1.35. The number of benzene rings is 2. The van der Waals surface area contributed by atoms with Crippen LogP contribution in [0.5, 0.6) is 11.5 Å². The van der Waals surface area contributed by atoms with E-state index in [4.69, 9.17) is 15.2 Å². The second-order valence-corrected chi connectivity index (χ2v) is 7.00. The Morgan fingerprint density at radius 2 is 2.11 bits per heavy atom. The molecule has 0 radical (unpaired) electrons. The van der Waals surface area contributed by atoms with Crippen molar-refractivity contribution in [2.24, 2.45) is 0 Å². The second kappa shape index (κ2) is 8.87. The smallest absolute Gasteiger partial charge is 0.239 e. The van der Waals surface area contributed by atoms with E-state index in [0.29, 0.717) is 24.7 Å². The fourth-order valence-electron chi connectivity index (χ4n) is 3.66. The Labute approximate surface area is 166 Å². The molecule has 2 aromatic rings. The molecule has 1 aliphatic heterocycles. The van der Waals surface area contributed by atoms with Gasteiger partial charge in [0.1, 0.15) is 0 Å². The van der Waals surface area contributed by atoms with E-state index in [1.54, 1.807) is 7.11 Å². The second-order valence-electron chi connectivity index (χ2n) is 7.00. The van der Waals surface area contributed by atoms with Gasteiger partial charge in [-0.3, -0.25) is 4.79 Å². The molecule has 2 aromatic carbocycles. The minimum atomic E-state index is -0.137. The van der Waals surface area contributed by atoms with Crippen molar-refractivity contribution in [3.8, 4) is 11.5 Å². The minimum absolute atomic E-state index is 0.0179. The maximum atomic E-state index is 12.7. The molecule has 1 unspecified atom stereocenters. The molecule has 6 nitrogen and oxygen atoms in total. The predicted octanol–water partition coefficient (Wildman–Crippen LogP) is 3.31. The average molecular weight is 383 g/mol. The topological polar surface area (TPSA) is 76.8 Å². The van der Waals surface area contributed by atoms with Crippen LogP contribution in [0.25, 0.3) is 0 Å². The van der Waals surface area contributed by atoms with Gasteiger partial charge in [0.2, 0.25) is 5.91 Å². The van der Waals surface area contributed by atoms with Gasteiger partial charge in [-0.1, -0.05) is 12.1 Å². The summed E-state index contributed by atoms with van der Waals surface area (Å²) in [7, 11) is 1.62. The average Bonchev–Trinajstić information content (AvgIpc) is 2.69. The number of hydrogen-bond donors (Lipinski definition) is 2. The van der Waals surface area contributed by atoms with Gasteiger partial charge in [0.15, 0.2) is 11.5 Å². The summed E-state index contributed by atoms with van der Waals surface area (Å²) < 4.78 is 11.0. The van der Waals surface area contributed by atoms with E-state index >= 15 is 0 Å². The van der Waals surface area contributed by atoms with Crippen molar-refractivity contribution in [3.05, 3.63) is 47.5 Å². The molecule has 0 saturated heterocycles. The molecule has 1 aliphatic rings. The minimum Gasteiger partial charge on any atom is -0.493 e. The van der Waals surface area contributed by atoms with E-state index in [0.717, 1.165) is 41.9 Å². The third kappa shape index (κ3) is 4.32. The number of nitrogens with one attached hydrogen (secondary N) is 1. The summed E-state index contributed by atoms with van der Waals surface area (Å²) in [6.07, 6.45) is 1.96. The Bertz CT molecular complexity index is 838. The van der Waals surface area contributed by atoms with E-state index in [1.165, 1.54) is 0 Å². The molecule has 6 heteroatoms. The van der Waals surface area contributed by atoms with E-state index in [1.807, 2.05) is 50.2 Å². The predicted molar refractivity (Wildman–Crippen MR) is 112 cm³/mol. The molecule has 0 fully saturated rings. The number of carbonyl (C=O) groups excluding carboxylic acids is 1. The molecule has 150 valence electrons. The zero-order valence-electron chi connectivity index (χ0n) is 16.8. The van der Waals surface area contributed by atoms with Crippen molar-refractivity contribution < 1.29 is 14.3 Å². The van der Waals surface area contributed by atoms with Crippen LogP contribution < -0.4 is 25.4 Å². The van der Waals surface area contributed by atoms with Crippen LogP contribution in [-0.2, 0) is 11.2 Å². The Morgan fingerprint density at radius 1 is 1.29 bits per heavy atom. The van der Waals surface area contributed by atoms with Gasteiger partial charge in [0, 0.05) is 17.9 Å². The van der Waals surface area contributed by atoms with Crippen molar-refractivity contribution in [1.29, 1.82) is 0 Å². The molecule has 0 aliphatic carbocycles. The first-order valence-corrected chi connectivity index (χ1v) is 9.75. The van der Waals surface area contributed by atoms with Crippen LogP contribution in [0, 0.1) is 0 Å². The zero-order valence-corrected chi connectivity index (χ0v) is 16.8. The molecule has 0 bridgehead atoms. The third-order valence-electron chi connectivity index (χ3n) is 5.08. The highest BCUT2D eigenvalue weighted by Crippen LogP contribution is 2.32. The number of ether oxygens (including phenoxy) is 2. The van der Waals surface area contributed by atoms with Gasteiger partial charge in [-0.15, -0.1) is 0 Å². The van der Waals surface area contributed by atoms with Crippen LogP contribution >= 0.6 is 0 Å². The molecular weight excluding hydrogens is 354 g/mol. The number of nitrogens with zero attached hydrogens (tertiary/aromatic N) is 1. The number of nitrogens with two attached hydrogens (primary N) is 1. The monoisotopic (exact) mass is 383 g/mol. The van der Waals surface area contributed by atoms with Gasteiger partial charge in [0.05, 0.1) is 26.3 Å². The van der Waals surface area contributed by atoms with Crippen LogP contribution in [0.15, 0.2) is 36.4 Å². The third-order valence-corrected chi connectivity index (χ3v) is 5.08. The van der Waals surface area contributed by atoms with Crippen molar-refractivity contribution in [2.45, 2.75) is 32.7 Å². The van der Waals surface area contributed by atoms with Gasteiger partial charge in [-0.05, 0) is 62.1 Å². The maximum absolute atomic E-state index is 12.7. The lowest BCUT2D eigenvalue weighted by Crippen LogP contribution is -2.40. The maximum Gasteiger partial charge on any atom is 0.239 e. The molecular formula is C22H29N3O3. The molecule has 3 N–H and O–H groups in total. The molecule has 3 rings (SSSR count). The van der Waals surface area contributed by atoms with Crippen LogP contribution in [-0.4, -0.2) is 32.7 Å². The number of nitrogen functional groups attached to an aromatic ring is 1. The summed E-state index contributed by atoms with van der Waals surface area (Å²) in [6.45, 7) is 5.64. The van der Waals surface area contributed by atoms with Crippen molar-refractivity contribution in [3.63, 3.8) is 0 Å². The number of carbonyl (C=O) groups is 1. The van der Waals surface area contributed by atoms with Crippen LogP contribution in [0.4, 0.5) is 11.4 Å². The summed E-state index contributed by atoms with van der Waals surface area (Å²) in [5.41, 5.74) is 10.1. The number of amides is 1. The number of hydrogen-bond acceptors (Lipinski definition) is 5. The number of rotatable bonds is 7. The van der Waals surface area contributed by atoms with Crippen molar-refractivity contribution >= 4 is 17.3 Å². The Kier molecular flexibility index (Phi) is 6.29. The van der Waals surface area contributed by atoms with Gasteiger partial charge >= 0.3 is 0 Å². The quantitative estimate of drug-likeness (QED) is 0.718. The number of anilines is 2. The number of fused-ring (bicyclic) bond motifs is 1. The Hall–Kier alpha value is -2.89. The standard InChI is InChI=1S/C22H29N3O3/c1-4-28-20-11-10-16(13-21(20)27-3)15(2)24-22(26)14-25-12-6-7-17-18(23)8-5-9-19(17)25/h5,8-11,13,15H,4,6-7,12,14,23H2,1-3H3,(H,24,26). The van der Waals surface area contributed by atoms with E-state index in [2.05, 4.69) is 10.2 Å². The molecule has 28 heavy (non-hydrogen) atoms. The van der Waals surface area contributed by atoms with E-state index in [9.17, 15) is 4.79 Å². The van der Waals surface area contributed by atoms with Crippen LogP contribution in [0.3, 0.4) is 0 Å². The molecule has 0 saturated carbocycles. The fourth-order valence-corrected chi connectivity index (χ4v) is 3.66. The van der Waals surface area contributed by atoms with Crippen molar-refractivity contribution in [1.82, 2.24) is 5.32 Å². The van der Waals surface area contributed by atoms with Crippen molar-refractivity contribution in [2.75, 3.05) is 37.4 Å². The first-order valence-electron chi connectivity index (χ1n) is 9.75. The summed E-state index contributed by atoms with van der Waals surface area (Å²) >= 11 is 0. The number of methoxy groups -OCH3 is 1. The SMILES string of the molecule is CCOc1ccc(C(C)NC(=O)CN2CCCc3c(N)cccc32)cc1OC. The molecule has 0 spiro atoms. The normalized spacial score (nSPS) is 14.2. The Morgan fingerprint density at radius 3 is 2.86 bits per heavy atom. The molecule has 1 atom stereocenters. The Balaban J connectivity index is 1.67. The fraction of sp³-hybridized carbons (Fsp3) is 0.409. The van der Waals surface area contributed by atoms with Gasteiger partial charge in [-0.25, -0.2) is 0 Å². The summed E-state index contributed by atoms with van der Waals surface area (Å²) in [6, 6.07) is 11.5. The molecule has 1 heterocycles. The first kappa shape index (κ1) is 19.9. The highest BCUT2D eigenvalue weighted by atomic mass is 16.5. The highest BCUT2D eigenvalue weighted by molar-refractivity contribution is 5.83. The summed E-state index contributed by atoms with van der Waals surface area (Å²) in [5, 5.41) is 3.08. The highest BCUT2D eigenvalue weighted by Gasteiger charge is 2.21. The van der Waals surface area contributed by atoms with E-state index in [-0.39, 0.29) is 11.9 Å². The lowest BCUT2D eigenvalue weighted by Gasteiger charge is -2.31. The lowest BCUT2D eigenvalue weighted by atomic mass is 10.00. The van der Waals surface area contributed by atoms with Gasteiger partial charge in [-0.2, -0.15) is 0 Å². The van der Waals surface area contributed by atoms with Gasteiger partial charge < -0.3 is 25.4 Å².